The number of nitrogens with zero attached hydrogens (tertiary/aromatic N) is 1. The predicted molar refractivity (Wildman–Crippen MR) is 89.2 cm³/mol. The largest absolute Gasteiger partial charge is 0.480 e. The number of halogens is 3. The fourth-order valence-electron chi connectivity index (χ4n) is 2.06. The highest BCUT2D eigenvalue weighted by Crippen LogP contribution is 2.38. The molecule has 0 fully saturated rings. The molecule has 0 aliphatic rings. The van der Waals surface area contributed by atoms with E-state index >= 15 is 0 Å². The van der Waals surface area contributed by atoms with E-state index in [0.29, 0.717) is 13.7 Å². The molecule has 0 aliphatic heterocycles. The molecule has 1 aromatic carbocycles. The second-order valence-electron chi connectivity index (χ2n) is 4.46. The molecule has 1 atom stereocenters. The number of carbonyl (C=O) groups is 1. The lowest BCUT2D eigenvalue weighted by Gasteiger charge is -2.30. The molecule has 21 heavy (non-hydrogen) atoms. The van der Waals surface area contributed by atoms with Gasteiger partial charge in [0, 0.05) is 16.3 Å². The van der Waals surface area contributed by atoms with E-state index < -0.39 is 5.97 Å². The minimum atomic E-state index is -0.931. The van der Waals surface area contributed by atoms with Crippen LogP contribution in [0.2, 0.25) is 13.7 Å². The summed E-state index contributed by atoms with van der Waals surface area (Å²) < 4.78 is 1.13. The predicted octanol–water partition coefficient (Wildman–Crippen LogP) is 5.36. The maximum absolute atomic E-state index is 11.2. The van der Waals surface area contributed by atoms with Crippen molar-refractivity contribution >= 4 is 57.8 Å². The molecular formula is C14H12Cl3NO2S. The maximum atomic E-state index is 11.2. The van der Waals surface area contributed by atoms with Crippen LogP contribution in [-0.4, -0.2) is 17.6 Å². The van der Waals surface area contributed by atoms with Crippen molar-refractivity contribution in [3.63, 3.8) is 0 Å². The zero-order valence-electron chi connectivity index (χ0n) is 11.0. The van der Waals surface area contributed by atoms with Gasteiger partial charge in [0.1, 0.15) is 6.54 Å². The van der Waals surface area contributed by atoms with Gasteiger partial charge in [-0.3, -0.25) is 4.79 Å². The standard InChI is InChI=1S/C14H12Cl3NO2S/c1-8(11-6-12(16)21-14(11)17)18(7-13(19)20)10-4-2-3-9(15)5-10/h2-6,8H,7H2,1H3,(H,19,20). The van der Waals surface area contributed by atoms with Gasteiger partial charge in [-0.2, -0.15) is 0 Å². The summed E-state index contributed by atoms with van der Waals surface area (Å²) >= 11 is 19.4. The third-order valence-corrected chi connectivity index (χ3v) is 4.80. The van der Waals surface area contributed by atoms with Crippen LogP contribution in [0.1, 0.15) is 18.5 Å². The average molecular weight is 365 g/mol. The summed E-state index contributed by atoms with van der Waals surface area (Å²) in [5.74, 6) is -0.931. The topological polar surface area (TPSA) is 40.5 Å². The Morgan fingerprint density at radius 1 is 1.33 bits per heavy atom. The molecule has 0 saturated carbocycles. The van der Waals surface area contributed by atoms with Crippen LogP contribution < -0.4 is 4.90 Å². The van der Waals surface area contributed by atoms with Crippen LogP contribution >= 0.6 is 46.1 Å². The van der Waals surface area contributed by atoms with Gasteiger partial charge in [0.2, 0.25) is 0 Å². The maximum Gasteiger partial charge on any atom is 0.323 e. The average Bonchev–Trinajstić information content (AvgIpc) is 2.74. The SMILES string of the molecule is CC(c1cc(Cl)sc1Cl)N(CC(=O)O)c1cccc(Cl)c1. The molecule has 0 amide bonds. The van der Waals surface area contributed by atoms with Crippen molar-refractivity contribution in [2.75, 3.05) is 11.4 Å². The number of anilines is 1. The summed E-state index contributed by atoms with van der Waals surface area (Å²) in [6.45, 7) is 1.72. The molecular weight excluding hydrogens is 353 g/mol. The molecule has 1 unspecified atom stereocenters. The van der Waals surface area contributed by atoms with Crippen molar-refractivity contribution < 1.29 is 9.90 Å². The van der Waals surface area contributed by atoms with E-state index in [0.717, 1.165) is 11.3 Å². The van der Waals surface area contributed by atoms with E-state index in [1.807, 2.05) is 13.0 Å². The van der Waals surface area contributed by atoms with Gasteiger partial charge in [0.05, 0.1) is 14.7 Å². The monoisotopic (exact) mass is 363 g/mol. The molecule has 0 aliphatic carbocycles. The van der Waals surface area contributed by atoms with E-state index in [1.54, 1.807) is 29.2 Å². The molecule has 0 radical (unpaired) electrons. The first kappa shape index (κ1) is 16.4. The fraction of sp³-hybridized carbons (Fsp3) is 0.214. The first-order valence-corrected chi connectivity index (χ1v) is 8.02. The van der Waals surface area contributed by atoms with Gasteiger partial charge in [-0.25, -0.2) is 0 Å². The smallest absolute Gasteiger partial charge is 0.323 e. The summed E-state index contributed by atoms with van der Waals surface area (Å²) in [5, 5.41) is 9.70. The number of rotatable bonds is 5. The fourth-order valence-corrected chi connectivity index (χ4v) is 3.88. The highest BCUT2D eigenvalue weighted by Gasteiger charge is 2.23. The Balaban J connectivity index is 2.40. The van der Waals surface area contributed by atoms with Gasteiger partial charge >= 0.3 is 5.97 Å². The molecule has 1 heterocycles. The van der Waals surface area contributed by atoms with Crippen LogP contribution in [-0.2, 0) is 4.79 Å². The van der Waals surface area contributed by atoms with Crippen molar-refractivity contribution in [1.82, 2.24) is 0 Å². The van der Waals surface area contributed by atoms with Crippen LogP contribution in [0.3, 0.4) is 0 Å². The number of carboxylic acids is 1. The van der Waals surface area contributed by atoms with Gasteiger partial charge in [-0.05, 0) is 31.2 Å². The van der Waals surface area contributed by atoms with Gasteiger partial charge in [0.15, 0.2) is 0 Å². The number of carboxylic acid groups (broad SMARTS) is 1. The van der Waals surface area contributed by atoms with E-state index in [-0.39, 0.29) is 12.6 Å². The third-order valence-electron chi connectivity index (χ3n) is 3.05. The van der Waals surface area contributed by atoms with E-state index in [4.69, 9.17) is 39.9 Å². The highest BCUT2D eigenvalue weighted by atomic mass is 35.5. The van der Waals surface area contributed by atoms with Gasteiger partial charge in [0.25, 0.3) is 0 Å². The van der Waals surface area contributed by atoms with Crippen molar-refractivity contribution in [2.45, 2.75) is 13.0 Å². The minimum Gasteiger partial charge on any atom is -0.480 e. The molecule has 0 saturated heterocycles. The van der Waals surface area contributed by atoms with Crippen molar-refractivity contribution in [3.8, 4) is 0 Å². The third kappa shape index (κ3) is 4.04. The number of hydrogen-bond donors (Lipinski definition) is 1. The second kappa shape index (κ2) is 6.88. The first-order valence-electron chi connectivity index (χ1n) is 6.07. The van der Waals surface area contributed by atoms with Crippen molar-refractivity contribution in [2.24, 2.45) is 0 Å². The number of hydrogen-bond acceptors (Lipinski definition) is 3. The Morgan fingerprint density at radius 2 is 2.05 bits per heavy atom. The molecule has 7 heteroatoms. The van der Waals surface area contributed by atoms with Crippen LogP contribution in [0.15, 0.2) is 30.3 Å². The lowest BCUT2D eigenvalue weighted by Crippen LogP contribution is -2.32. The van der Waals surface area contributed by atoms with Crippen LogP contribution in [0.4, 0.5) is 5.69 Å². The zero-order valence-corrected chi connectivity index (χ0v) is 14.1. The summed E-state index contributed by atoms with van der Waals surface area (Å²) in [6, 6.07) is 8.58. The molecule has 112 valence electrons. The minimum absolute atomic E-state index is 0.161. The second-order valence-corrected chi connectivity index (χ2v) is 7.18. The molecule has 1 aromatic heterocycles. The lowest BCUT2D eigenvalue weighted by atomic mass is 10.1. The summed E-state index contributed by atoms with van der Waals surface area (Å²) in [6.07, 6.45) is 0. The van der Waals surface area contributed by atoms with Crippen LogP contribution in [0.25, 0.3) is 0 Å². The molecule has 2 aromatic rings. The number of thiophene rings is 1. The summed E-state index contributed by atoms with van der Waals surface area (Å²) in [7, 11) is 0. The molecule has 0 spiro atoms. The zero-order chi connectivity index (χ0) is 15.6. The Kier molecular flexibility index (Phi) is 5.38. The lowest BCUT2D eigenvalue weighted by molar-refractivity contribution is -0.135. The molecule has 2 rings (SSSR count). The first-order chi connectivity index (χ1) is 9.88. The molecule has 0 bridgehead atoms. The summed E-state index contributed by atoms with van der Waals surface area (Å²) in [4.78, 5) is 12.9. The van der Waals surface area contributed by atoms with E-state index in [1.165, 1.54) is 11.3 Å². The van der Waals surface area contributed by atoms with Gasteiger partial charge in [-0.15, -0.1) is 11.3 Å². The Bertz CT molecular complexity index is 659. The van der Waals surface area contributed by atoms with Gasteiger partial charge < -0.3 is 10.0 Å². The van der Waals surface area contributed by atoms with Crippen molar-refractivity contribution in [1.29, 1.82) is 0 Å². The Morgan fingerprint density at radius 3 is 2.57 bits per heavy atom. The number of aliphatic carboxylic acids is 1. The quantitative estimate of drug-likeness (QED) is 0.776. The molecule has 3 nitrogen and oxygen atoms in total. The van der Waals surface area contributed by atoms with E-state index in [2.05, 4.69) is 0 Å². The normalized spacial score (nSPS) is 12.2. The van der Waals surface area contributed by atoms with Crippen molar-refractivity contribution in [3.05, 3.63) is 49.6 Å². The highest BCUT2D eigenvalue weighted by molar-refractivity contribution is 7.20. The Hall–Kier alpha value is -0.940. The number of benzene rings is 1. The Labute approximate surface area is 141 Å². The van der Waals surface area contributed by atoms with Crippen LogP contribution in [0.5, 0.6) is 0 Å². The molecule has 1 N–H and O–H groups in total. The van der Waals surface area contributed by atoms with Gasteiger partial charge in [-0.1, -0.05) is 40.9 Å². The van der Waals surface area contributed by atoms with E-state index in [9.17, 15) is 4.79 Å². The summed E-state index contributed by atoms with van der Waals surface area (Å²) in [5.41, 5.74) is 1.52. The van der Waals surface area contributed by atoms with Crippen LogP contribution in [0, 0.1) is 0 Å².